The van der Waals surface area contributed by atoms with Crippen LogP contribution in [0.15, 0.2) is 0 Å². The van der Waals surface area contributed by atoms with Crippen molar-refractivity contribution in [3.8, 4) is 0 Å². The van der Waals surface area contributed by atoms with Crippen LogP contribution in [-0.4, -0.2) is 43.8 Å². The van der Waals surface area contributed by atoms with E-state index in [2.05, 4.69) is 13.8 Å². The van der Waals surface area contributed by atoms with Crippen molar-refractivity contribution in [1.82, 2.24) is 4.90 Å². The van der Waals surface area contributed by atoms with Crippen LogP contribution in [-0.2, 0) is 14.6 Å². The Balaban J connectivity index is 2.74. The monoisotopic (exact) mass is 247 g/mol. The molecule has 1 saturated heterocycles. The van der Waals surface area contributed by atoms with Gasteiger partial charge in [0.1, 0.15) is 5.25 Å². The van der Waals surface area contributed by atoms with Gasteiger partial charge < -0.3 is 4.90 Å². The van der Waals surface area contributed by atoms with Crippen LogP contribution >= 0.6 is 0 Å². The molecular formula is C11H21NO3S. The van der Waals surface area contributed by atoms with Gasteiger partial charge in [-0.2, -0.15) is 0 Å². The van der Waals surface area contributed by atoms with Crippen molar-refractivity contribution >= 4 is 15.7 Å². The van der Waals surface area contributed by atoms with Crippen LogP contribution in [0.1, 0.15) is 27.2 Å². The molecule has 0 aromatic heterocycles. The number of hydrogen-bond donors (Lipinski definition) is 0. The molecule has 1 aliphatic heterocycles. The zero-order valence-electron chi connectivity index (χ0n) is 10.4. The minimum Gasteiger partial charge on any atom is -0.341 e. The first-order valence-corrected chi connectivity index (χ1v) is 7.65. The Bertz CT molecular complexity index is 353. The Morgan fingerprint density at radius 3 is 2.06 bits per heavy atom. The smallest absolute Gasteiger partial charge is 0.240 e. The van der Waals surface area contributed by atoms with Gasteiger partial charge in [-0.1, -0.05) is 13.8 Å². The van der Waals surface area contributed by atoms with Crippen LogP contribution in [0.25, 0.3) is 0 Å². The molecule has 0 aliphatic carbocycles. The van der Waals surface area contributed by atoms with Gasteiger partial charge >= 0.3 is 0 Å². The van der Waals surface area contributed by atoms with Crippen LogP contribution < -0.4 is 0 Å². The number of amides is 1. The van der Waals surface area contributed by atoms with Crippen molar-refractivity contribution in [3.63, 3.8) is 0 Å². The third-order valence-electron chi connectivity index (χ3n) is 3.17. The second-order valence-corrected chi connectivity index (χ2v) is 7.53. The van der Waals surface area contributed by atoms with Crippen molar-refractivity contribution in [2.75, 3.05) is 19.3 Å². The Morgan fingerprint density at radius 2 is 1.69 bits per heavy atom. The predicted octanol–water partition coefficient (Wildman–Crippen LogP) is 0.924. The highest BCUT2D eigenvalue weighted by Gasteiger charge is 2.32. The number of sulfone groups is 1. The molecule has 94 valence electrons. The summed E-state index contributed by atoms with van der Waals surface area (Å²) >= 11 is 0. The first-order chi connectivity index (χ1) is 7.21. The van der Waals surface area contributed by atoms with E-state index < -0.39 is 15.1 Å². The minimum atomic E-state index is -3.28. The Kier molecular flexibility index (Phi) is 3.99. The summed E-state index contributed by atoms with van der Waals surface area (Å²) in [6.45, 7) is 7.04. The fraction of sp³-hybridized carbons (Fsp3) is 0.909. The van der Waals surface area contributed by atoms with E-state index in [1.165, 1.54) is 6.92 Å². The molecule has 4 nitrogen and oxygen atoms in total. The average molecular weight is 247 g/mol. The lowest BCUT2D eigenvalue weighted by molar-refractivity contribution is -0.133. The summed E-state index contributed by atoms with van der Waals surface area (Å²) in [6.07, 6.45) is 2.23. The second-order valence-electron chi connectivity index (χ2n) is 5.16. The van der Waals surface area contributed by atoms with E-state index in [0.717, 1.165) is 12.7 Å². The van der Waals surface area contributed by atoms with Crippen LogP contribution in [0.5, 0.6) is 0 Å². The quantitative estimate of drug-likeness (QED) is 0.729. The van der Waals surface area contributed by atoms with Gasteiger partial charge in [-0.25, -0.2) is 8.42 Å². The topological polar surface area (TPSA) is 54.5 Å². The van der Waals surface area contributed by atoms with Crippen molar-refractivity contribution in [3.05, 3.63) is 0 Å². The van der Waals surface area contributed by atoms with E-state index in [4.69, 9.17) is 0 Å². The molecule has 0 saturated carbocycles. The van der Waals surface area contributed by atoms with Crippen molar-refractivity contribution in [1.29, 1.82) is 0 Å². The number of nitrogens with zero attached hydrogens (tertiary/aromatic N) is 1. The molecular weight excluding hydrogens is 226 g/mol. The summed E-state index contributed by atoms with van der Waals surface area (Å²) < 4.78 is 22.7. The lowest BCUT2D eigenvalue weighted by atomic mass is 9.92. The fourth-order valence-electron chi connectivity index (χ4n) is 2.28. The molecule has 0 spiro atoms. The molecule has 0 aromatic carbocycles. The predicted molar refractivity (Wildman–Crippen MR) is 63.8 cm³/mol. The average Bonchev–Trinajstić information content (AvgIpc) is 2.12. The molecule has 16 heavy (non-hydrogen) atoms. The summed E-state index contributed by atoms with van der Waals surface area (Å²) in [5.41, 5.74) is 0. The molecule has 0 bridgehead atoms. The highest BCUT2D eigenvalue weighted by atomic mass is 32.2. The highest BCUT2D eigenvalue weighted by Crippen LogP contribution is 2.22. The summed E-state index contributed by atoms with van der Waals surface area (Å²) in [7, 11) is -3.28. The van der Waals surface area contributed by atoms with E-state index in [1.54, 1.807) is 4.90 Å². The Hall–Kier alpha value is -0.580. The van der Waals surface area contributed by atoms with E-state index in [0.29, 0.717) is 24.9 Å². The maximum absolute atomic E-state index is 12.0. The van der Waals surface area contributed by atoms with E-state index in [9.17, 15) is 13.2 Å². The fourth-order valence-corrected chi connectivity index (χ4v) is 2.80. The lowest BCUT2D eigenvalue weighted by Gasteiger charge is -2.36. The zero-order chi connectivity index (χ0) is 12.5. The van der Waals surface area contributed by atoms with Gasteiger partial charge in [-0.3, -0.25) is 4.79 Å². The third kappa shape index (κ3) is 3.20. The summed E-state index contributed by atoms with van der Waals surface area (Å²) in [4.78, 5) is 13.7. The summed E-state index contributed by atoms with van der Waals surface area (Å²) in [5, 5.41) is -0.912. The van der Waals surface area contributed by atoms with Gasteiger partial charge in [0.25, 0.3) is 0 Å². The largest absolute Gasteiger partial charge is 0.341 e. The van der Waals surface area contributed by atoms with Gasteiger partial charge in [0.05, 0.1) is 0 Å². The van der Waals surface area contributed by atoms with Crippen molar-refractivity contribution in [2.24, 2.45) is 11.8 Å². The Morgan fingerprint density at radius 1 is 1.25 bits per heavy atom. The molecule has 0 aromatic rings. The van der Waals surface area contributed by atoms with Gasteiger partial charge in [0, 0.05) is 19.3 Å². The van der Waals surface area contributed by atoms with E-state index >= 15 is 0 Å². The van der Waals surface area contributed by atoms with Gasteiger partial charge in [0.15, 0.2) is 9.84 Å². The van der Waals surface area contributed by atoms with Crippen LogP contribution in [0.2, 0.25) is 0 Å². The first-order valence-electron chi connectivity index (χ1n) is 5.69. The number of piperidine rings is 1. The van der Waals surface area contributed by atoms with E-state index in [-0.39, 0.29) is 5.91 Å². The minimum absolute atomic E-state index is 0.249. The second kappa shape index (κ2) is 4.73. The molecule has 0 N–H and O–H groups in total. The normalized spacial score (nSPS) is 28.9. The van der Waals surface area contributed by atoms with Gasteiger partial charge in [-0.15, -0.1) is 0 Å². The summed E-state index contributed by atoms with van der Waals surface area (Å²) in [6, 6.07) is 0. The standard InChI is InChI=1S/C11H21NO3S/c1-8-5-9(2)7-12(6-8)11(13)10(3)16(4,14)15/h8-10H,5-7H2,1-4H3. The van der Waals surface area contributed by atoms with Crippen LogP contribution in [0.3, 0.4) is 0 Å². The molecule has 5 heteroatoms. The number of carbonyl (C=O) groups is 1. The number of likely N-dealkylation sites (tertiary alicyclic amines) is 1. The molecule has 1 aliphatic rings. The lowest BCUT2D eigenvalue weighted by Crippen LogP contribution is -2.48. The van der Waals surface area contributed by atoms with E-state index in [1.807, 2.05) is 0 Å². The number of rotatable bonds is 2. The summed E-state index contributed by atoms with van der Waals surface area (Å²) in [5.74, 6) is 0.667. The molecule has 1 rings (SSSR count). The Labute approximate surface area is 97.9 Å². The molecule has 1 amide bonds. The maximum atomic E-state index is 12.0. The number of hydrogen-bond acceptors (Lipinski definition) is 3. The zero-order valence-corrected chi connectivity index (χ0v) is 11.3. The van der Waals surface area contributed by atoms with Crippen LogP contribution in [0, 0.1) is 11.8 Å². The van der Waals surface area contributed by atoms with Crippen LogP contribution in [0.4, 0.5) is 0 Å². The first kappa shape index (κ1) is 13.5. The molecule has 3 unspecified atom stereocenters. The maximum Gasteiger partial charge on any atom is 0.240 e. The third-order valence-corrected chi connectivity index (χ3v) is 4.66. The van der Waals surface area contributed by atoms with Gasteiger partial charge in [-0.05, 0) is 25.2 Å². The molecule has 0 radical (unpaired) electrons. The molecule has 1 fully saturated rings. The molecule has 3 atom stereocenters. The SMILES string of the molecule is CC1CC(C)CN(C(=O)C(C)S(C)(=O)=O)C1. The van der Waals surface area contributed by atoms with Crippen molar-refractivity contribution < 1.29 is 13.2 Å². The number of carbonyl (C=O) groups excluding carboxylic acids is 1. The molecule has 1 heterocycles. The van der Waals surface area contributed by atoms with Gasteiger partial charge in [0.2, 0.25) is 5.91 Å². The van der Waals surface area contributed by atoms with Crippen molar-refractivity contribution in [2.45, 2.75) is 32.4 Å². The highest BCUT2D eigenvalue weighted by molar-refractivity contribution is 7.92.